The molecule has 8 heteroatoms. The number of nitrogens with one attached hydrogen (secondary N) is 2. The van der Waals surface area contributed by atoms with Crippen molar-refractivity contribution in [3.8, 4) is 11.6 Å². The molecule has 0 aliphatic heterocycles. The topological polar surface area (TPSA) is 77.0 Å². The van der Waals surface area contributed by atoms with Crippen LogP contribution in [0.1, 0.15) is 18.9 Å². The van der Waals surface area contributed by atoms with Crippen molar-refractivity contribution in [1.29, 1.82) is 0 Å². The maximum atomic E-state index is 13.4. The summed E-state index contributed by atoms with van der Waals surface area (Å²) in [6.07, 6.45) is 2.49. The van der Waals surface area contributed by atoms with Crippen LogP contribution in [0.5, 0.6) is 11.6 Å². The van der Waals surface area contributed by atoms with Crippen LogP contribution < -0.4 is 15.4 Å². The zero-order valence-electron chi connectivity index (χ0n) is 17.0. The number of guanidine groups is 1. The molecule has 1 aromatic heterocycles. The highest BCUT2D eigenvalue weighted by molar-refractivity contribution is 5.79. The number of halogens is 1. The molecule has 0 atom stereocenters. The van der Waals surface area contributed by atoms with Crippen molar-refractivity contribution in [2.75, 3.05) is 40.0 Å². The van der Waals surface area contributed by atoms with E-state index in [2.05, 4.69) is 20.6 Å². The average Bonchev–Trinajstić information content (AvgIpc) is 2.72. The van der Waals surface area contributed by atoms with Gasteiger partial charge in [0, 0.05) is 44.6 Å². The first-order chi connectivity index (χ1) is 14.2. The first kappa shape index (κ1) is 22.6. The number of hydrogen-bond donors (Lipinski definition) is 2. The third-order valence-electron chi connectivity index (χ3n) is 3.80. The van der Waals surface area contributed by atoms with Gasteiger partial charge in [0.15, 0.2) is 5.96 Å². The number of hydrogen-bond acceptors (Lipinski definition) is 5. The normalized spacial score (nSPS) is 11.3. The standard InChI is InChI=1S/C21H29FN4O3/c1-3-23-21(25-11-6-12-28-14-13-27-2)26-16-17-7-5-10-24-20(17)29-19-9-4-8-18(22)15-19/h4-5,7-10,15H,3,6,11-14,16H2,1-2H3,(H2,23,25,26). The lowest BCUT2D eigenvalue weighted by molar-refractivity contribution is 0.0698. The van der Waals surface area contributed by atoms with E-state index in [1.54, 1.807) is 25.4 Å². The molecule has 1 heterocycles. The van der Waals surface area contributed by atoms with Gasteiger partial charge >= 0.3 is 0 Å². The van der Waals surface area contributed by atoms with Crippen LogP contribution in [0.3, 0.4) is 0 Å². The van der Waals surface area contributed by atoms with Gasteiger partial charge in [-0.1, -0.05) is 12.1 Å². The van der Waals surface area contributed by atoms with Crippen LogP contribution in [0.25, 0.3) is 0 Å². The fraction of sp³-hybridized carbons (Fsp3) is 0.429. The van der Waals surface area contributed by atoms with Crippen LogP contribution in [0, 0.1) is 5.82 Å². The van der Waals surface area contributed by atoms with Gasteiger partial charge < -0.3 is 24.8 Å². The van der Waals surface area contributed by atoms with Gasteiger partial charge in [-0.25, -0.2) is 14.4 Å². The Kier molecular flexibility index (Phi) is 10.5. The number of benzene rings is 1. The van der Waals surface area contributed by atoms with Crippen molar-refractivity contribution in [2.45, 2.75) is 19.9 Å². The SMILES string of the molecule is CCNC(=NCc1cccnc1Oc1cccc(F)c1)NCCCOCCOC. The van der Waals surface area contributed by atoms with Crippen LogP contribution in [0.2, 0.25) is 0 Å². The van der Waals surface area contributed by atoms with E-state index in [4.69, 9.17) is 14.2 Å². The number of methoxy groups -OCH3 is 1. The lowest BCUT2D eigenvalue weighted by Gasteiger charge is -2.12. The van der Waals surface area contributed by atoms with Gasteiger partial charge in [0.05, 0.1) is 19.8 Å². The molecule has 1 aromatic carbocycles. The van der Waals surface area contributed by atoms with Gasteiger partial charge in [0.1, 0.15) is 11.6 Å². The smallest absolute Gasteiger partial charge is 0.224 e. The zero-order valence-corrected chi connectivity index (χ0v) is 17.0. The molecule has 0 radical (unpaired) electrons. The average molecular weight is 404 g/mol. The van der Waals surface area contributed by atoms with E-state index in [1.165, 1.54) is 12.1 Å². The van der Waals surface area contributed by atoms with E-state index in [1.807, 2.05) is 19.1 Å². The van der Waals surface area contributed by atoms with Crippen molar-refractivity contribution in [3.05, 3.63) is 54.0 Å². The summed E-state index contributed by atoms with van der Waals surface area (Å²) in [6.45, 7) is 5.71. The van der Waals surface area contributed by atoms with Crippen LogP contribution in [0.15, 0.2) is 47.6 Å². The summed E-state index contributed by atoms with van der Waals surface area (Å²) in [7, 11) is 1.65. The third kappa shape index (κ3) is 8.89. The Bertz CT molecular complexity index is 758. The number of rotatable bonds is 12. The number of aromatic nitrogens is 1. The summed E-state index contributed by atoms with van der Waals surface area (Å²) in [5.74, 6) is 1.14. The van der Waals surface area contributed by atoms with E-state index in [0.717, 1.165) is 25.1 Å². The molecule has 0 saturated heterocycles. The molecule has 158 valence electrons. The number of nitrogens with zero attached hydrogens (tertiary/aromatic N) is 2. The molecule has 0 amide bonds. The van der Waals surface area contributed by atoms with Gasteiger partial charge in [0.25, 0.3) is 0 Å². The second-order valence-corrected chi connectivity index (χ2v) is 6.11. The fourth-order valence-corrected chi connectivity index (χ4v) is 2.41. The molecule has 0 spiro atoms. The van der Waals surface area contributed by atoms with Crippen molar-refractivity contribution in [1.82, 2.24) is 15.6 Å². The highest BCUT2D eigenvalue weighted by Gasteiger charge is 2.07. The second-order valence-electron chi connectivity index (χ2n) is 6.11. The van der Waals surface area contributed by atoms with Gasteiger partial charge in [-0.2, -0.15) is 0 Å². The zero-order chi connectivity index (χ0) is 20.7. The van der Waals surface area contributed by atoms with Crippen LogP contribution in [-0.2, 0) is 16.0 Å². The van der Waals surface area contributed by atoms with Gasteiger partial charge in [-0.15, -0.1) is 0 Å². The van der Waals surface area contributed by atoms with E-state index in [9.17, 15) is 4.39 Å². The van der Waals surface area contributed by atoms with Crippen LogP contribution in [-0.4, -0.2) is 51.0 Å². The number of aliphatic imine (C=N–C) groups is 1. The number of ether oxygens (including phenoxy) is 3. The first-order valence-electron chi connectivity index (χ1n) is 9.69. The monoisotopic (exact) mass is 404 g/mol. The molecule has 7 nitrogen and oxygen atoms in total. The Morgan fingerprint density at radius 3 is 2.83 bits per heavy atom. The molecule has 0 aliphatic carbocycles. The number of pyridine rings is 1. The lowest BCUT2D eigenvalue weighted by atomic mass is 10.2. The molecule has 29 heavy (non-hydrogen) atoms. The van der Waals surface area contributed by atoms with Crippen molar-refractivity contribution in [2.24, 2.45) is 4.99 Å². The quantitative estimate of drug-likeness (QED) is 0.322. The Morgan fingerprint density at radius 1 is 1.14 bits per heavy atom. The van der Waals surface area contributed by atoms with E-state index >= 15 is 0 Å². The fourth-order valence-electron chi connectivity index (χ4n) is 2.41. The van der Waals surface area contributed by atoms with E-state index < -0.39 is 0 Å². The third-order valence-corrected chi connectivity index (χ3v) is 3.80. The van der Waals surface area contributed by atoms with Crippen molar-refractivity contribution >= 4 is 5.96 Å². The maximum absolute atomic E-state index is 13.4. The van der Waals surface area contributed by atoms with Crippen LogP contribution in [0.4, 0.5) is 4.39 Å². The molecule has 0 fully saturated rings. The molecule has 0 aliphatic rings. The summed E-state index contributed by atoms with van der Waals surface area (Å²) < 4.78 is 29.5. The van der Waals surface area contributed by atoms with E-state index in [0.29, 0.717) is 44.0 Å². The Labute approximate surface area is 171 Å². The van der Waals surface area contributed by atoms with Gasteiger partial charge in [0.2, 0.25) is 5.88 Å². The minimum Gasteiger partial charge on any atom is -0.439 e. The highest BCUT2D eigenvalue weighted by atomic mass is 19.1. The molecular formula is C21H29FN4O3. The minimum atomic E-state index is -0.358. The van der Waals surface area contributed by atoms with Crippen molar-refractivity contribution < 1.29 is 18.6 Å². The Balaban J connectivity index is 1.91. The summed E-state index contributed by atoms with van der Waals surface area (Å²) in [5, 5.41) is 6.48. The molecule has 2 aromatic rings. The Morgan fingerprint density at radius 2 is 2.03 bits per heavy atom. The molecule has 2 rings (SSSR count). The van der Waals surface area contributed by atoms with Crippen LogP contribution >= 0.6 is 0 Å². The van der Waals surface area contributed by atoms with Gasteiger partial charge in [-0.3, -0.25) is 0 Å². The summed E-state index contributed by atoms with van der Waals surface area (Å²) in [4.78, 5) is 8.85. The maximum Gasteiger partial charge on any atom is 0.224 e. The van der Waals surface area contributed by atoms with E-state index in [-0.39, 0.29) is 5.82 Å². The largest absolute Gasteiger partial charge is 0.439 e. The molecule has 0 unspecified atom stereocenters. The second kappa shape index (κ2) is 13.5. The lowest BCUT2D eigenvalue weighted by Crippen LogP contribution is -2.38. The molecule has 0 saturated carbocycles. The molecule has 0 bridgehead atoms. The highest BCUT2D eigenvalue weighted by Crippen LogP contribution is 2.23. The first-order valence-corrected chi connectivity index (χ1v) is 9.69. The predicted octanol–water partition coefficient (Wildman–Crippen LogP) is 3.12. The Hall–Kier alpha value is -2.71. The summed E-state index contributed by atoms with van der Waals surface area (Å²) >= 11 is 0. The van der Waals surface area contributed by atoms with Crippen molar-refractivity contribution in [3.63, 3.8) is 0 Å². The molecular weight excluding hydrogens is 375 g/mol. The molecule has 2 N–H and O–H groups in total. The minimum absolute atomic E-state index is 0.358. The van der Waals surface area contributed by atoms with Gasteiger partial charge in [-0.05, 0) is 31.5 Å². The predicted molar refractivity (Wildman–Crippen MR) is 111 cm³/mol. The summed E-state index contributed by atoms with van der Waals surface area (Å²) in [5.41, 5.74) is 0.803. The summed E-state index contributed by atoms with van der Waals surface area (Å²) in [6, 6.07) is 9.68.